The van der Waals surface area contributed by atoms with Crippen molar-refractivity contribution in [2.24, 2.45) is 0 Å². The van der Waals surface area contributed by atoms with E-state index in [9.17, 15) is 4.79 Å². The van der Waals surface area contributed by atoms with Crippen LogP contribution in [0, 0.1) is 0 Å². The van der Waals surface area contributed by atoms with Crippen molar-refractivity contribution < 1.29 is 13.9 Å². The third kappa shape index (κ3) is 2.93. The van der Waals surface area contributed by atoms with Gasteiger partial charge in [-0.05, 0) is 41.4 Å². The molecule has 2 rings (SSSR count). The van der Waals surface area contributed by atoms with E-state index in [0.717, 1.165) is 17.1 Å². The van der Waals surface area contributed by atoms with Crippen LogP contribution in [0.3, 0.4) is 0 Å². The molecule has 0 aliphatic carbocycles. The lowest BCUT2D eigenvalue weighted by molar-refractivity contribution is -0.113. The van der Waals surface area contributed by atoms with Gasteiger partial charge in [-0.1, -0.05) is 12.1 Å². The summed E-state index contributed by atoms with van der Waals surface area (Å²) >= 11 is 5.66. The fraction of sp³-hybridized carbons (Fsp3) is 0.214. The summed E-state index contributed by atoms with van der Waals surface area (Å²) in [5.41, 5.74) is 0.854. The fourth-order valence-electron chi connectivity index (χ4n) is 1.80. The van der Waals surface area contributed by atoms with Crippen molar-refractivity contribution in [1.82, 2.24) is 0 Å². The maximum Gasteiger partial charge on any atom is 0.229 e. The number of furan rings is 1. The Bertz CT molecular complexity index is 502. The third-order valence-electron chi connectivity index (χ3n) is 2.78. The monoisotopic (exact) mass is 264 g/mol. The van der Waals surface area contributed by atoms with Gasteiger partial charge in [0.05, 0.1) is 19.3 Å². The van der Waals surface area contributed by atoms with Gasteiger partial charge in [-0.25, -0.2) is 0 Å². The van der Waals surface area contributed by atoms with E-state index in [4.69, 9.17) is 20.8 Å². The van der Waals surface area contributed by atoms with Crippen LogP contribution < -0.4 is 4.74 Å². The van der Waals surface area contributed by atoms with Crippen LogP contribution in [0.15, 0.2) is 47.1 Å². The SMILES string of the molecule is COc1ccc(C(Cc2ccco2)C(=O)Cl)cc1. The number of rotatable bonds is 5. The van der Waals surface area contributed by atoms with E-state index >= 15 is 0 Å². The molecule has 0 bridgehead atoms. The highest BCUT2D eigenvalue weighted by Crippen LogP contribution is 2.25. The van der Waals surface area contributed by atoms with Gasteiger partial charge in [0, 0.05) is 6.42 Å². The van der Waals surface area contributed by atoms with E-state index in [2.05, 4.69) is 0 Å². The van der Waals surface area contributed by atoms with Gasteiger partial charge in [0.25, 0.3) is 0 Å². The Kier molecular flexibility index (Phi) is 4.05. The third-order valence-corrected chi connectivity index (χ3v) is 3.04. The molecule has 1 atom stereocenters. The molecule has 94 valence electrons. The standard InChI is InChI=1S/C14H13ClO3/c1-17-11-6-4-10(5-7-11)13(14(15)16)9-12-3-2-8-18-12/h2-8,13H,9H2,1H3. The molecule has 0 aliphatic heterocycles. The smallest absolute Gasteiger partial charge is 0.229 e. The molecular weight excluding hydrogens is 252 g/mol. The summed E-state index contributed by atoms with van der Waals surface area (Å²) in [5, 5.41) is -0.392. The summed E-state index contributed by atoms with van der Waals surface area (Å²) in [4.78, 5) is 11.5. The minimum atomic E-state index is -0.399. The number of halogens is 1. The maximum atomic E-state index is 11.5. The summed E-state index contributed by atoms with van der Waals surface area (Å²) in [6, 6.07) is 10.9. The van der Waals surface area contributed by atoms with E-state index < -0.39 is 11.2 Å². The Hall–Kier alpha value is -1.74. The number of hydrogen-bond acceptors (Lipinski definition) is 3. The van der Waals surface area contributed by atoms with Gasteiger partial charge < -0.3 is 9.15 Å². The van der Waals surface area contributed by atoms with E-state index in [1.165, 1.54) is 0 Å². The average molecular weight is 265 g/mol. The van der Waals surface area contributed by atoms with Gasteiger partial charge in [0.15, 0.2) is 0 Å². The van der Waals surface area contributed by atoms with E-state index in [1.54, 1.807) is 19.4 Å². The Morgan fingerprint density at radius 3 is 2.56 bits per heavy atom. The van der Waals surface area contributed by atoms with Crippen LogP contribution in [0.5, 0.6) is 5.75 Å². The summed E-state index contributed by atoms with van der Waals surface area (Å²) < 4.78 is 10.3. The first-order valence-corrected chi connectivity index (χ1v) is 5.94. The van der Waals surface area contributed by atoms with Crippen molar-refractivity contribution in [2.45, 2.75) is 12.3 Å². The second-order valence-corrected chi connectivity index (χ2v) is 4.29. The predicted molar refractivity (Wildman–Crippen MR) is 69.0 cm³/mol. The average Bonchev–Trinajstić information content (AvgIpc) is 2.89. The van der Waals surface area contributed by atoms with Gasteiger partial charge in [0.1, 0.15) is 11.5 Å². The topological polar surface area (TPSA) is 39.4 Å². The van der Waals surface area contributed by atoms with Gasteiger partial charge >= 0.3 is 0 Å². The molecule has 0 spiro atoms. The summed E-state index contributed by atoms with van der Waals surface area (Å²) in [6.07, 6.45) is 2.04. The minimum absolute atomic E-state index is 0.392. The number of methoxy groups -OCH3 is 1. The molecule has 2 aromatic rings. The van der Waals surface area contributed by atoms with E-state index in [0.29, 0.717) is 6.42 Å². The number of ether oxygens (including phenoxy) is 1. The minimum Gasteiger partial charge on any atom is -0.497 e. The Balaban J connectivity index is 2.21. The highest BCUT2D eigenvalue weighted by Gasteiger charge is 2.20. The first kappa shape index (κ1) is 12.7. The summed E-state index contributed by atoms with van der Waals surface area (Å²) in [5.74, 6) is 1.09. The zero-order valence-electron chi connectivity index (χ0n) is 9.93. The van der Waals surface area contributed by atoms with Gasteiger partial charge in [-0.3, -0.25) is 4.79 Å². The molecule has 0 saturated heterocycles. The van der Waals surface area contributed by atoms with Crippen LogP contribution in [0.25, 0.3) is 0 Å². The largest absolute Gasteiger partial charge is 0.497 e. The number of carbonyl (C=O) groups is 1. The van der Waals surface area contributed by atoms with Crippen molar-refractivity contribution >= 4 is 16.8 Å². The molecule has 1 unspecified atom stereocenters. The molecule has 1 aromatic heterocycles. The lowest BCUT2D eigenvalue weighted by Crippen LogP contribution is -2.09. The van der Waals surface area contributed by atoms with Crippen LogP contribution >= 0.6 is 11.6 Å². The van der Waals surface area contributed by atoms with Gasteiger partial charge in [-0.15, -0.1) is 0 Å². The van der Waals surface area contributed by atoms with Crippen LogP contribution in [-0.2, 0) is 11.2 Å². The van der Waals surface area contributed by atoms with Crippen LogP contribution in [-0.4, -0.2) is 12.4 Å². The second kappa shape index (κ2) is 5.74. The van der Waals surface area contributed by atoms with Crippen LogP contribution in [0.4, 0.5) is 0 Å². The van der Waals surface area contributed by atoms with Crippen molar-refractivity contribution in [2.75, 3.05) is 7.11 Å². The Morgan fingerprint density at radius 2 is 2.06 bits per heavy atom. The number of benzene rings is 1. The Labute approximate surface area is 110 Å². The molecule has 0 fully saturated rings. The highest BCUT2D eigenvalue weighted by atomic mass is 35.5. The number of carbonyl (C=O) groups excluding carboxylic acids is 1. The molecule has 0 aliphatic rings. The zero-order valence-corrected chi connectivity index (χ0v) is 10.7. The van der Waals surface area contributed by atoms with Crippen molar-refractivity contribution in [1.29, 1.82) is 0 Å². The van der Waals surface area contributed by atoms with Crippen molar-refractivity contribution in [3.63, 3.8) is 0 Å². The summed E-state index contributed by atoms with van der Waals surface area (Å²) in [7, 11) is 1.60. The molecule has 3 nitrogen and oxygen atoms in total. The van der Waals surface area contributed by atoms with Crippen LogP contribution in [0.1, 0.15) is 17.2 Å². The summed E-state index contributed by atoms with van der Waals surface area (Å²) in [6.45, 7) is 0. The lowest BCUT2D eigenvalue weighted by atomic mass is 9.96. The predicted octanol–water partition coefficient (Wildman–Crippen LogP) is 3.38. The van der Waals surface area contributed by atoms with Gasteiger partial charge in [-0.2, -0.15) is 0 Å². The quantitative estimate of drug-likeness (QED) is 0.777. The molecular formula is C14H13ClO3. The molecule has 4 heteroatoms. The molecule has 0 radical (unpaired) electrons. The van der Waals surface area contributed by atoms with Crippen LogP contribution in [0.2, 0.25) is 0 Å². The molecule has 1 aromatic carbocycles. The zero-order chi connectivity index (χ0) is 13.0. The first-order chi connectivity index (χ1) is 8.70. The highest BCUT2D eigenvalue weighted by molar-refractivity contribution is 6.64. The maximum absolute atomic E-state index is 11.5. The first-order valence-electron chi connectivity index (χ1n) is 5.56. The molecule has 0 saturated carbocycles. The number of hydrogen-bond donors (Lipinski definition) is 0. The molecule has 0 N–H and O–H groups in total. The fourth-order valence-corrected chi connectivity index (χ4v) is 2.00. The molecule has 18 heavy (non-hydrogen) atoms. The van der Waals surface area contributed by atoms with Crippen molar-refractivity contribution in [3.8, 4) is 5.75 Å². The van der Waals surface area contributed by atoms with Crippen molar-refractivity contribution in [3.05, 3.63) is 54.0 Å². The van der Waals surface area contributed by atoms with E-state index in [-0.39, 0.29) is 0 Å². The van der Waals surface area contributed by atoms with Gasteiger partial charge in [0.2, 0.25) is 5.24 Å². The normalized spacial score (nSPS) is 12.1. The lowest BCUT2D eigenvalue weighted by Gasteiger charge is -2.12. The Morgan fingerprint density at radius 1 is 1.33 bits per heavy atom. The molecule has 0 amide bonds. The van der Waals surface area contributed by atoms with E-state index in [1.807, 2.05) is 30.3 Å². The molecule has 1 heterocycles. The second-order valence-electron chi connectivity index (χ2n) is 3.91.